The Balaban J connectivity index is 2.80. The van der Waals surface area contributed by atoms with Crippen molar-refractivity contribution in [2.75, 3.05) is 19.0 Å². The molecule has 0 aliphatic heterocycles. The van der Waals surface area contributed by atoms with Crippen molar-refractivity contribution in [3.8, 4) is 0 Å². The molecule has 0 spiro atoms. The molecule has 8 heteroatoms. The lowest BCUT2D eigenvalue weighted by molar-refractivity contribution is -0.140. The summed E-state index contributed by atoms with van der Waals surface area (Å²) < 4.78 is 37.5. The van der Waals surface area contributed by atoms with Crippen molar-refractivity contribution in [2.24, 2.45) is 0 Å². The van der Waals surface area contributed by atoms with Gasteiger partial charge in [-0.1, -0.05) is 0 Å². The highest BCUT2D eigenvalue weighted by atomic mass is 79.9. The molecule has 0 aromatic carbocycles. The summed E-state index contributed by atoms with van der Waals surface area (Å²) in [5, 5.41) is 1.50. The average Bonchev–Trinajstić information content (AvgIpc) is 2.61. The summed E-state index contributed by atoms with van der Waals surface area (Å²) in [6.45, 7) is -1.42. The van der Waals surface area contributed by atoms with Crippen LogP contribution < -0.4 is 0 Å². The Labute approximate surface area is 113 Å². The van der Waals surface area contributed by atoms with Gasteiger partial charge in [0.15, 0.2) is 0 Å². The molecule has 1 amide bonds. The number of carbonyl (C=O) groups is 1. The number of hydrogen-bond donors (Lipinski definition) is 0. The number of hydrogen-bond acceptors (Lipinski definition) is 2. The Morgan fingerprint density at radius 1 is 1.53 bits per heavy atom. The van der Waals surface area contributed by atoms with Gasteiger partial charge in [0.2, 0.25) is 0 Å². The third-order valence-electron chi connectivity index (χ3n) is 1.83. The SMILES string of the molecule is O=C(c1csc(Br)c1)N(CCCl)CC(F)(F)F. The summed E-state index contributed by atoms with van der Waals surface area (Å²) in [4.78, 5) is 12.5. The molecule has 1 aromatic heterocycles. The molecule has 0 aliphatic carbocycles. The maximum absolute atomic E-state index is 12.3. The first-order chi connectivity index (χ1) is 7.83. The Morgan fingerprint density at radius 2 is 2.18 bits per heavy atom. The lowest BCUT2D eigenvalue weighted by Crippen LogP contribution is -2.40. The van der Waals surface area contributed by atoms with Crippen molar-refractivity contribution in [3.05, 3.63) is 20.8 Å². The number of carbonyl (C=O) groups excluding carboxylic acids is 1. The van der Waals surface area contributed by atoms with E-state index in [1.807, 2.05) is 0 Å². The number of rotatable bonds is 4. The summed E-state index contributed by atoms with van der Waals surface area (Å²) in [5.41, 5.74) is 0.233. The molecule has 1 heterocycles. The van der Waals surface area contributed by atoms with E-state index in [9.17, 15) is 18.0 Å². The second kappa shape index (κ2) is 6.06. The molecule has 0 radical (unpaired) electrons. The minimum Gasteiger partial charge on any atom is -0.328 e. The monoisotopic (exact) mass is 349 g/mol. The van der Waals surface area contributed by atoms with Gasteiger partial charge < -0.3 is 4.90 Å². The van der Waals surface area contributed by atoms with Crippen LogP contribution in [0.2, 0.25) is 0 Å². The smallest absolute Gasteiger partial charge is 0.328 e. The molecule has 0 saturated heterocycles. The molecule has 96 valence electrons. The van der Waals surface area contributed by atoms with E-state index in [1.54, 1.807) is 0 Å². The largest absolute Gasteiger partial charge is 0.406 e. The van der Waals surface area contributed by atoms with Gasteiger partial charge in [0.05, 0.1) is 9.35 Å². The Kier molecular flexibility index (Phi) is 5.27. The number of alkyl halides is 4. The van der Waals surface area contributed by atoms with Gasteiger partial charge in [-0.15, -0.1) is 22.9 Å². The normalized spacial score (nSPS) is 11.6. The molecule has 2 nitrogen and oxygen atoms in total. The molecule has 0 aliphatic rings. The average molecular weight is 351 g/mol. The Hall–Kier alpha value is -0.270. The number of thiophene rings is 1. The Morgan fingerprint density at radius 3 is 2.59 bits per heavy atom. The van der Waals surface area contributed by atoms with E-state index in [4.69, 9.17) is 11.6 Å². The van der Waals surface area contributed by atoms with Crippen LogP contribution in [-0.4, -0.2) is 36.0 Å². The quantitative estimate of drug-likeness (QED) is 0.757. The fourth-order valence-corrected chi connectivity index (χ4v) is 2.51. The summed E-state index contributed by atoms with van der Waals surface area (Å²) in [6.07, 6.45) is -4.42. The van der Waals surface area contributed by atoms with Crippen LogP contribution in [0.5, 0.6) is 0 Å². The fourth-order valence-electron chi connectivity index (χ4n) is 1.18. The van der Waals surface area contributed by atoms with Crippen LogP contribution >= 0.6 is 38.9 Å². The van der Waals surface area contributed by atoms with Gasteiger partial charge in [0.25, 0.3) is 5.91 Å². The summed E-state index contributed by atoms with van der Waals surface area (Å²) in [7, 11) is 0. The fraction of sp³-hybridized carbons (Fsp3) is 0.444. The lowest BCUT2D eigenvalue weighted by atomic mass is 10.3. The maximum atomic E-state index is 12.3. The third kappa shape index (κ3) is 4.85. The predicted molar refractivity (Wildman–Crippen MR) is 64.7 cm³/mol. The molecule has 0 atom stereocenters. The predicted octanol–water partition coefficient (Wildman–Crippen LogP) is 3.75. The summed E-state index contributed by atoms with van der Waals surface area (Å²) in [6, 6.07) is 1.49. The second-order valence-electron chi connectivity index (χ2n) is 3.17. The molecule has 1 rings (SSSR count). The van der Waals surface area contributed by atoms with Crippen molar-refractivity contribution < 1.29 is 18.0 Å². The second-order valence-corrected chi connectivity index (χ2v) is 5.84. The minimum absolute atomic E-state index is 0.0346. The molecule has 0 saturated carbocycles. The summed E-state index contributed by atoms with van der Waals surface area (Å²) in [5.74, 6) is -0.697. The van der Waals surface area contributed by atoms with Crippen molar-refractivity contribution in [3.63, 3.8) is 0 Å². The van der Waals surface area contributed by atoms with Gasteiger partial charge >= 0.3 is 6.18 Å². The van der Waals surface area contributed by atoms with Crippen LogP contribution in [0.1, 0.15) is 10.4 Å². The van der Waals surface area contributed by atoms with E-state index in [0.29, 0.717) is 8.69 Å². The van der Waals surface area contributed by atoms with Crippen molar-refractivity contribution in [1.29, 1.82) is 0 Å². The number of amides is 1. The van der Waals surface area contributed by atoms with E-state index in [1.165, 1.54) is 22.8 Å². The van der Waals surface area contributed by atoms with Crippen LogP contribution in [0.3, 0.4) is 0 Å². The van der Waals surface area contributed by atoms with E-state index >= 15 is 0 Å². The van der Waals surface area contributed by atoms with Crippen molar-refractivity contribution in [1.82, 2.24) is 4.90 Å². The minimum atomic E-state index is -4.42. The van der Waals surface area contributed by atoms with E-state index in [-0.39, 0.29) is 18.0 Å². The van der Waals surface area contributed by atoms with Crippen molar-refractivity contribution in [2.45, 2.75) is 6.18 Å². The van der Waals surface area contributed by atoms with E-state index in [2.05, 4.69) is 15.9 Å². The van der Waals surface area contributed by atoms with Gasteiger partial charge in [0, 0.05) is 17.8 Å². The van der Waals surface area contributed by atoms with Crippen LogP contribution in [0.4, 0.5) is 13.2 Å². The number of nitrogens with zero attached hydrogens (tertiary/aromatic N) is 1. The van der Waals surface area contributed by atoms with Crippen LogP contribution in [0, 0.1) is 0 Å². The lowest BCUT2D eigenvalue weighted by Gasteiger charge is -2.22. The van der Waals surface area contributed by atoms with Gasteiger partial charge in [0.1, 0.15) is 6.54 Å². The molecule has 0 bridgehead atoms. The van der Waals surface area contributed by atoms with Crippen LogP contribution in [0.15, 0.2) is 15.2 Å². The topological polar surface area (TPSA) is 20.3 Å². The molecular weight excluding hydrogens is 343 g/mol. The van der Waals surface area contributed by atoms with Crippen LogP contribution in [-0.2, 0) is 0 Å². The molecule has 1 aromatic rings. The van der Waals surface area contributed by atoms with Crippen LogP contribution in [0.25, 0.3) is 0 Å². The highest BCUT2D eigenvalue weighted by molar-refractivity contribution is 9.11. The van der Waals surface area contributed by atoms with E-state index in [0.717, 1.165) is 0 Å². The molecule has 0 fully saturated rings. The summed E-state index contributed by atoms with van der Waals surface area (Å²) >= 11 is 9.78. The molecule has 0 unspecified atom stereocenters. The first-order valence-corrected chi connectivity index (χ1v) is 6.70. The zero-order chi connectivity index (χ0) is 13.1. The van der Waals surface area contributed by atoms with E-state index < -0.39 is 18.6 Å². The first kappa shape index (κ1) is 14.8. The zero-order valence-electron chi connectivity index (χ0n) is 8.43. The maximum Gasteiger partial charge on any atom is 0.406 e. The highest BCUT2D eigenvalue weighted by Crippen LogP contribution is 2.23. The zero-order valence-corrected chi connectivity index (χ0v) is 11.6. The van der Waals surface area contributed by atoms with Gasteiger partial charge in [-0.2, -0.15) is 13.2 Å². The third-order valence-corrected chi connectivity index (χ3v) is 3.50. The molecular formula is C9H8BrClF3NOS. The first-order valence-electron chi connectivity index (χ1n) is 4.49. The molecule has 0 N–H and O–H groups in total. The molecule has 17 heavy (non-hydrogen) atoms. The van der Waals surface area contributed by atoms with Gasteiger partial charge in [-0.05, 0) is 22.0 Å². The number of halogens is 5. The van der Waals surface area contributed by atoms with Crippen molar-refractivity contribution >= 4 is 44.8 Å². The Bertz CT molecular complexity index is 396. The highest BCUT2D eigenvalue weighted by Gasteiger charge is 2.33. The van der Waals surface area contributed by atoms with Gasteiger partial charge in [-0.25, -0.2) is 0 Å². The van der Waals surface area contributed by atoms with Gasteiger partial charge in [-0.3, -0.25) is 4.79 Å². The standard InChI is InChI=1S/C9H8BrClF3NOS/c10-7-3-6(4-17-7)8(16)15(2-1-11)5-9(12,13)14/h3-4H,1-2,5H2.